The van der Waals surface area contributed by atoms with E-state index in [0.29, 0.717) is 21.5 Å². The summed E-state index contributed by atoms with van der Waals surface area (Å²) in [6, 6.07) is 7.29. The zero-order valence-electron chi connectivity index (χ0n) is 9.58. The summed E-state index contributed by atoms with van der Waals surface area (Å²) < 4.78 is 1.47. The van der Waals surface area contributed by atoms with Crippen molar-refractivity contribution in [2.75, 3.05) is 0 Å². The number of carbonyl (C=O) groups is 1. The Bertz CT molecular complexity index is 692. The number of nitrogens with one attached hydrogen (secondary N) is 1. The van der Waals surface area contributed by atoms with Crippen molar-refractivity contribution >= 4 is 33.8 Å². The van der Waals surface area contributed by atoms with Crippen LogP contribution in [0.5, 0.6) is 0 Å². The van der Waals surface area contributed by atoms with Crippen molar-refractivity contribution in [2.24, 2.45) is 0 Å². The smallest absolute Gasteiger partial charge is 0.282 e. The zero-order chi connectivity index (χ0) is 13.2. The maximum atomic E-state index is 11.9. The van der Waals surface area contributed by atoms with Crippen LogP contribution in [0.2, 0.25) is 5.02 Å². The minimum atomic E-state index is -0.231. The number of hydrogen-bond donors (Lipinski definition) is 1. The molecular formula is C11H8ClN5OS. The lowest BCUT2D eigenvalue weighted by Gasteiger charge is -2.02. The fraction of sp³-hybridized carbons (Fsp3) is 0.0909. The van der Waals surface area contributed by atoms with Gasteiger partial charge < -0.3 is 5.32 Å². The van der Waals surface area contributed by atoms with Gasteiger partial charge in [0.25, 0.3) is 5.91 Å². The number of aromatic nitrogens is 4. The second-order valence-electron chi connectivity index (χ2n) is 3.77. The third-order valence-corrected chi connectivity index (χ3v) is 3.61. The van der Waals surface area contributed by atoms with Crippen molar-refractivity contribution in [1.29, 1.82) is 0 Å². The number of carbonyl (C=O) groups excluding carboxylic acids is 1. The molecule has 0 atom stereocenters. The van der Waals surface area contributed by atoms with Crippen molar-refractivity contribution < 1.29 is 4.79 Å². The van der Waals surface area contributed by atoms with Gasteiger partial charge in [-0.05, 0) is 17.7 Å². The van der Waals surface area contributed by atoms with Crippen molar-refractivity contribution in [3.63, 3.8) is 0 Å². The van der Waals surface area contributed by atoms with Crippen LogP contribution in [0.15, 0.2) is 30.6 Å². The Morgan fingerprint density at radius 2 is 2.16 bits per heavy atom. The summed E-state index contributed by atoms with van der Waals surface area (Å²) in [6.07, 6.45) is 1.46. The van der Waals surface area contributed by atoms with Crippen molar-refractivity contribution in [3.05, 3.63) is 46.2 Å². The number of nitrogens with zero attached hydrogens (tertiary/aromatic N) is 4. The van der Waals surface area contributed by atoms with Crippen LogP contribution in [0.25, 0.3) is 4.96 Å². The molecule has 3 rings (SSSR count). The Hall–Kier alpha value is -1.99. The van der Waals surface area contributed by atoms with E-state index < -0.39 is 0 Å². The maximum absolute atomic E-state index is 11.9. The van der Waals surface area contributed by atoms with Gasteiger partial charge in [-0.3, -0.25) is 4.79 Å². The van der Waals surface area contributed by atoms with E-state index in [-0.39, 0.29) is 5.91 Å². The minimum absolute atomic E-state index is 0.231. The lowest BCUT2D eigenvalue weighted by Crippen LogP contribution is -2.22. The molecule has 2 aromatic heterocycles. The van der Waals surface area contributed by atoms with Gasteiger partial charge >= 0.3 is 0 Å². The third-order valence-electron chi connectivity index (χ3n) is 2.45. The summed E-state index contributed by atoms with van der Waals surface area (Å²) in [5, 5.41) is 15.4. The van der Waals surface area contributed by atoms with Crippen molar-refractivity contribution in [1.82, 2.24) is 25.1 Å². The number of hydrogen-bond acceptors (Lipinski definition) is 5. The Morgan fingerprint density at radius 1 is 1.37 bits per heavy atom. The van der Waals surface area contributed by atoms with Gasteiger partial charge in [0.1, 0.15) is 6.33 Å². The molecule has 0 aliphatic carbocycles. The fourth-order valence-corrected chi connectivity index (χ4v) is 2.37. The average Bonchev–Trinajstić information content (AvgIpc) is 2.98. The largest absolute Gasteiger partial charge is 0.346 e. The number of halogens is 1. The van der Waals surface area contributed by atoms with Gasteiger partial charge in [-0.15, -0.1) is 15.3 Å². The van der Waals surface area contributed by atoms with E-state index in [9.17, 15) is 4.79 Å². The predicted octanol–water partition coefficient (Wildman–Crippen LogP) is 1.77. The van der Waals surface area contributed by atoms with Crippen LogP contribution in [0.4, 0.5) is 0 Å². The van der Waals surface area contributed by atoms with E-state index in [1.54, 1.807) is 12.1 Å². The van der Waals surface area contributed by atoms with Crippen LogP contribution in [0, 0.1) is 0 Å². The van der Waals surface area contributed by atoms with Crippen molar-refractivity contribution in [2.45, 2.75) is 6.54 Å². The molecule has 1 aromatic carbocycles. The molecular weight excluding hydrogens is 286 g/mol. The molecule has 0 unspecified atom stereocenters. The molecule has 1 N–H and O–H groups in total. The fourth-order valence-electron chi connectivity index (χ4n) is 1.51. The first-order valence-electron chi connectivity index (χ1n) is 5.42. The lowest BCUT2D eigenvalue weighted by atomic mass is 10.2. The normalized spacial score (nSPS) is 10.8. The highest BCUT2D eigenvalue weighted by atomic mass is 35.5. The summed E-state index contributed by atoms with van der Waals surface area (Å²) in [5.74, 6) is -0.231. The summed E-state index contributed by atoms with van der Waals surface area (Å²) in [5.41, 5.74) is 0.973. The molecule has 0 bridgehead atoms. The quantitative estimate of drug-likeness (QED) is 0.799. The first-order valence-corrected chi connectivity index (χ1v) is 6.61. The minimum Gasteiger partial charge on any atom is -0.346 e. The molecule has 8 heteroatoms. The highest BCUT2D eigenvalue weighted by Crippen LogP contribution is 2.12. The highest BCUT2D eigenvalue weighted by Gasteiger charge is 2.13. The summed E-state index contributed by atoms with van der Waals surface area (Å²) in [6.45, 7) is 0.427. The topological polar surface area (TPSA) is 72.2 Å². The first-order chi connectivity index (χ1) is 9.22. The van der Waals surface area contributed by atoms with Gasteiger partial charge in [0.2, 0.25) is 9.97 Å². The van der Waals surface area contributed by atoms with E-state index in [1.165, 1.54) is 22.2 Å². The Balaban J connectivity index is 1.68. The molecule has 1 amide bonds. The van der Waals surface area contributed by atoms with Gasteiger partial charge in [0, 0.05) is 11.6 Å². The van der Waals surface area contributed by atoms with Crippen LogP contribution < -0.4 is 5.32 Å². The third kappa shape index (κ3) is 2.56. The Labute approximate surface area is 117 Å². The lowest BCUT2D eigenvalue weighted by molar-refractivity contribution is 0.0949. The van der Waals surface area contributed by atoms with Crippen LogP contribution >= 0.6 is 22.9 Å². The molecule has 0 fully saturated rings. The molecule has 0 spiro atoms. The van der Waals surface area contributed by atoms with E-state index in [2.05, 4.69) is 20.6 Å². The van der Waals surface area contributed by atoms with Crippen LogP contribution in [-0.2, 0) is 6.54 Å². The molecule has 2 heterocycles. The van der Waals surface area contributed by atoms with Crippen LogP contribution in [-0.4, -0.2) is 25.7 Å². The second-order valence-corrected chi connectivity index (χ2v) is 5.17. The van der Waals surface area contributed by atoms with E-state index in [1.807, 2.05) is 12.1 Å². The summed E-state index contributed by atoms with van der Waals surface area (Å²) in [4.78, 5) is 12.5. The first kappa shape index (κ1) is 12.1. The van der Waals surface area contributed by atoms with Crippen molar-refractivity contribution in [3.8, 4) is 0 Å². The molecule has 0 saturated carbocycles. The number of rotatable bonds is 3. The molecule has 0 radical (unpaired) electrons. The van der Waals surface area contributed by atoms with Gasteiger partial charge in [0.15, 0.2) is 0 Å². The number of benzene rings is 1. The predicted molar refractivity (Wildman–Crippen MR) is 71.3 cm³/mol. The summed E-state index contributed by atoms with van der Waals surface area (Å²) in [7, 11) is 0. The van der Waals surface area contributed by atoms with Crippen LogP contribution in [0.1, 0.15) is 15.4 Å². The maximum Gasteiger partial charge on any atom is 0.282 e. The van der Waals surface area contributed by atoms with Crippen LogP contribution in [0.3, 0.4) is 0 Å². The molecule has 0 saturated heterocycles. The monoisotopic (exact) mass is 293 g/mol. The van der Waals surface area contributed by atoms with Gasteiger partial charge in [-0.1, -0.05) is 35.1 Å². The molecule has 0 aliphatic rings. The standard InChI is InChI=1S/C11H8ClN5OS/c12-8-3-1-7(2-4-8)5-13-9(18)10-16-17-6-14-15-11(17)19-10/h1-4,6H,5H2,(H,13,18). The molecule has 3 aromatic rings. The Morgan fingerprint density at radius 3 is 2.89 bits per heavy atom. The zero-order valence-corrected chi connectivity index (χ0v) is 11.1. The second kappa shape index (κ2) is 4.94. The van der Waals surface area contributed by atoms with Gasteiger partial charge in [0.05, 0.1) is 0 Å². The van der Waals surface area contributed by atoms with E-state index in [4.69, 9.17) is 11.6 Å². The number of amides is 1. The van der Waals surface area contributed by atoms with Gasteiger partial charge in [-0.2, -0.15) is 4.52 Å². The van der Waals surface area contributed by atoms with E-state index >= 15 is 0 Å². The van der Waals surface area contributed by atoms with Gasteiger partial charge in [-0.25, -0.2) is 0 Å². The SMILES string of the molecule is O=C(NCc1ccc(Cl)cc1)c1nn2cnnc2s1. The molecule has 0 aliphatic heterocycles. The molecule has 96 valence electrons. The number of fused-ring (bicyclic) bond motifs is 1. The summed E-state index contributed by atoms with van der Waals surface area (Å²) >= 11 is 6.99. The average molecular weight is 294 g/mol. The Kier molecular flexibility index (Phi) is 3.14. The molecule has 19 heavy (non-hydrogen) atoms. The van der Waals surface area contributed by atoms with E-state index in [0.717, 1.165) is 5.56 Å². The highest BCUT2D eigenvalue weighted by molar-refractivity contribution is 7.18. The molecule has 6 nitrogen and oxygen atoms in total.